The van der Waals surface area contributed by atoms with Crippen molar-refractivity contribution in [1.82, 2.24) is 14.8 Å². The number of hydrogen-bond donors (Lipinski definition) is 1. The van der Waals surface area contributed by atoms with E-state index in [9.17, 15) is 4.79 Å². The molecule has 2 heterocycles. The highest BCUT2D eigenvalue weighted by Crippen LogP contribution is 2.37. The first-order valence-corrected chi connectivity index (χ1v) is 11.3. The van der Waals surface area contributed by atoms with Crippen LogP contribution in [0.5, 0.6) is 0 Å². The van der Waals surface area contributed by atoms with Crippen molar-refractivity contribution in [3.63, 3.8) is 0 Å². The molecule has 0 spiro atoms. The van der Waals surface area contributed by atoms with Crippen LogP contribution in [-0.4, -0.2) is 27.8 Å². The van der Waals surface area contributed by atoms with E-state index in [4.69, 9.17) is 16.3 Å². The summed E-state index contributed by atoms with van der Waals surface area (Å²) in [5.74, 6) is 0.816. The van der Waals surface area contributed by atoms with E-state index in [0.717, 1.165) is 15.6 Å². The van der Waals surface area contributed by atoms with Gasteiger partial charge in [0.25, 0.3) is 0 Å². The van der Waals surface area contributed by atoms with Gasteiger partial charge in [0.2, 0.25) is 11.1 Å². The zero-order valence-electron chi connectivity index (χ0n) is 16.2. The summed E-state index contributed by atoms with van der Waals surface area (Å²) in [5.41, 5.74) is 3.12. The molecule has 1 aliphatic heterocycles. The quantitative estimate of drug-likeness (QED) is 0.367. The van der Waals surface area contributed by atoms with Crippen LogP contribution in [0.3, 0.4) is 0 Å². The molecule has 1 N–H and O–H groups in total. The van der Waals surface area contributed by atoms with Crippen LogP contribution in [0.2, 0.25) is 5.02 Å². The summed E-state index contributed by atoms with van der Waals surface area (Å²) in [4.78, 5) is 17.2. The Bertz CT molecular complexity index is 1130. The van der Waals surface area contributed by atoms with E-state index in [-0.39, 0.29) is 0 Å². The van der Waals surface area contributed by atoms with Crippen molar-refractivity contribution >= 4 is 51.2 Å². The number of thioether (sulfide) groups is 1. The Morgan fingerprint density at radius 1 is 1.27 bits per heavy atom. The molecule has 0 bridgehead atoms. The Balaban J connectivity index is 1.70. The van der Waals surface area contributed by atoms with E-state index < -0.39 is 12.0 Å². The van der Waals surface area contributed by atoms with Crippen LogP contribution in [0.4, 0.5) is 5.95 Å². The summed E-state index contributed by atoms with van der Waals surface area (Å²) in [5, 5.41) is 9.18. The van der Waals surface area contributed by atoms with Gasteiger partial charge in [-0.05, 0) is 36.2 Å². The number of carbonyl (C=O) groups is 1. The van der Waals surface area contributed by atoms with E-state index in [1.807, 2.05) is 55.5 Å². The van der Waals surface area contributed by atoms with E-state index in [1.54, 1.807) is 4.68 Å². The molecule has 0 aliphatic carbocycles. The van der Waals surface area contributed by atoms with Crippen molar-refractivity contribution in [1.29, 1.82) is 0 Å². The minimum Gasteiger partial charge on any atom is -0.466 e. The van der Waals surface area contributed by atoms with Crippen LogP contribution in [0.15, 0.2) is 69.4 Å². The largest absolute Gasteiger partial charge is 0.466 e. The lowest BCUT2D eigenvalue weighted by molar-refractivity contribution is -0.136. The molecule has 0 amide bonds. The molecule has 0 fully saturated rings. The standard InChI is InChI=1S/C21H18BrClN4O2S/c1-12-17(19(28)29-2)18(13-7-9-15(22)10-8-13)27-20(24-12)25-21(26-27)30-11-14-5-3-4-6-16(14)23/h3-10,18H,11H2,1-2H3,(H,24,25,26). The van der Waals surface area contributed by atoms with Crippen molar-refractivity contribution in [3.8, 4) is 0 Å². The number of esters is 1. The van der Waals surface area contributed by atoms with Gasteiger partial charge in [-0.2, -0.15) is 4.98 Å². The second-order valence-corrected chi connectivity index (χ2v) is 8.92. The number of hydrogen-bond acceptors (Lipinski definition) is 6. The summed E-state index contributed by atoms with van der Waals surface area (Å²) in [7, 11) is 1.38. The lowest BCUT2D eigenvalue weighted by atomic mass is 9.96. The molecule has 0 radical (unpaired) electrons. The molecule has 154 valence electrons. The van der Waals surface area contributed by atoms with Crippen LogP contribution >= 0.6 is 39.3 Å². The normalized spacial score (nSPS) is 15.5. The van der Waals surface area contributed by atoms with Gasteiger partial charge in [0.1, 0.15) is 6.04 Å². The van der Waals surface area contributed by atoms with Gasteiger partial charge in [-0.3, -0.25) is 0 Å². The van der Waals surface area contributed by atoms with Gasteiger partial charge in [-0.15, -0.1) is 5.10 Å². The smallest absolute Gasteiger partial charge is 0.338 e. The number of nitrogens with zero attached hydrogens (tertiary/aromatic N) is 3. The Kier molecular flexibility index (Phi) is 6.17. The first kappa shape index (κ1) is 21.0. The molecular weight excluding hydrogens is 488 g/mol. The molecule has 0 saturated carbocycles. The number of halogens is 2. The maximum Gasteiger partial charge on any atom is 0.338 e. The van der Waals surface area contributed by atoms with Crippen molar-refractivity contribution in [3.05, 3.63) is 80.4 Å². The number of nitrogens with one attached hydrogen (secondary N) is 1. The Morgan fingerprint density at radius 2 is 2.00 bits per heavy atom. The number of aromatic nitrogens is 3. The first-order chi connectivity index (χ1) is 14.5. The van der Waals surface area contributed by atoms with Gasteiger partial charge >= 0.3 is 5.97 Å². The van der Waals surface area contributed by atoms with Crippen molar-refractivity contribution in [2.75, 3.05) is 12.4 Å². The van der Waals surface area contributed by atoms with Gasteiger partial charge in [-0.25, -0.2) is 9.48 Å². The predicted octanol–water partition coefficient (Wildman–Crippen LogP) is 5.45. The third-order valence-corrected chi connectivity index (χ3v) is 6.52. The third kappa shape index (κ3) is 4.12. The number of fused-ring (bicyclic) bond motifs is 1. The maximum absolute atomic E-state index is 12.6. The van der Waals surface area contributed by atoms with E-state index in [2.05, 4.69) is 31.3 Å². The number of benzene rings is 2. The Labute approximate surface area is 191 Å². The van der Waals surface area contributed by atoms with E-state index in [0.29, 0.717) is 33.2 Å². The van der Waals surface area contributed by atoms with E-state index >= 15 is 0 Å². The van der Waals surface area contributed by atoms with Crippen LogP contribution in [0.1, 0.15) is 24.1 Å². The summed E-state index contributed by atoms with van der Waals surface area (Å²) in [6.45, 7) is 1.84. The SMILES string of the molecule is COC(=O)C1=C(C)Nc2nc(SCc3ccccc3Cl)nn2C1c1ccc(Br)cc1. The summed E-state index contributed by atoms with van der Waals surface area (Å²) >= 11 is 11.2. The second kappa shape index (κ2) is 8.83. The highest BCUT2D eigenvalue weighted by atomic mass is 79.9. The van der Waals surface area contributed by atoms with Gasteiger partial charge in [0.15, 0.2) is 0 Å². The zero-order valence-corrected chi connectivity index (χ0v) is 19.4. The lowest BCUT2D eigenvalue weighted by Crippen LogP contribution is -2.29. The molecule has 1 aliphatic rings. The highest BCUT2D eigenvalue weighted by Gasteiger charge is 2.34. The number of carbonyl (C=O) groups excluding carboxylic acids is 1. The van der Waals surface area contributed by atoms with E-state index in [1.165, 1.54) is 18.9 Å². The lowest BCUT2D eigenvalue weighted by Gasteiger charge is -2.27. The average Bonchev–Trinajstić information content (AvgIpc) is 3.14. The average molecular weight is 506 g/mol. The number of allylic oxidation sites excluding steroid dienone is 1. The van der Waals surface area contributed by atoms with Crippen molar-refractivity contribution in [2.45, 2.75) is 23.9 Å². The molecule has 0 saturated heterocycles. The number of ether oxygens (including phenoxy) is 1. The molecule has 3 aromatic rings. The molecular formula is C21H18BrClN4O2S. The molecule has 1 atom stereocenters. The van der Waals surface area contributed by atoms with Crippen LogP contribution in [0.25, 0.3) is 0 Å². The molecule has 1 unspecified atom stereocenters. The van der Waals surface area contributed by atoms with Gasteiger partial charge in [0.05, 0.1) is 12.7 Å². The fraction of sp³-hybridized carbons (Fsp3) is 0.190. The van der Waals surface area contributed by atoms with Gasteiger partial charge in [-0.1, -0.05) is 69.6 Å². The molecule has 1 aromatic heterocycles. The molecule has 4 rings (SSSR count). The van der Waals surface area contributed by atoms with Gasteiger partial charge < -0.3 is 10.1 Å². The summed E-state index contributed by atoms with van der Waals surface area (Å²) in [6.07, 6.45) is 0. The first-order valence-electron chi connectivity index (χ1n) is 9.12. The zero-order chi connectivity index (χ0) is 21.3. The van der Waals surface area contributed by atoms with Crippen LogP contribution in [0, 0.1) is 0 Å². The summed E-state index contributed by atoms with van der Waals surface area (Å²) < 4.78 is 7.74. The number of anilines is 1. The Morgan fingerprint density at radius 3 is 2.70 bits per heavy atom. The fourth-order valence-electron chi connectivity index (χ4n) is 3.28. The monoisotopic (exact) mass is 504 g/mol. The minimum atomic E-state index is -0.441. The predicted molar refractivity (Wildman–Crippen MR) is 122 cm³/mol. The fourth-order valence-corrected chi connectivity index (χ4v) is 4.66. The molecule has 6 nitrogen and oxygen atoms in total. The minimum absolute atomic E-state index is 0.403. The second-order valence-electron chi connectivity index (χ2n) is 6.65. The number of methoxy groups -OCH3 is 1. The number of rotatable bonds is 5. The van der Waals surface area contributed by atoms with Crippen LogP contribution in [-0.2, 0) is 15.3 Å². The van der Waals surface area contributed by atoms with Crippen LogP contribution < -0.4 is 5.32 Å². The topological polar surface area (TPSA) is 69.0 Å². The molecule has 2 aromatic carbocycles. The van der Waals surface area contributed by atoms with Crippen molar-refractivity contribution < 1.29 is 9.53 Å². The summed E-state index contributed by atoms with van der Waals surface area (Å²) in [6, 6.07) is 15.0. The maximum atomic E-state index is 12.6. The Hall–Kier alpha value is -2.29. The highest BCUT2D eigenvalue weighted by molar-refractivity contribution is 9.10. The molecule has 30 heavy (non-hydrogen) atoms. The van der Waals surface area contributed by atoms with Gasteiger partial charge in [0, 0.05) is 20.9 Å². The van der Waals surface area contributed by atoms with Crippen molar-refractivity contribution in [2.24, 2.45) is 0 Å². The molecule has 9 heteroatoms. The third-order valence-electron chi connectivity index (χ3n) is 4.74.